The van der Waals surface area contributed by atoms with Crippen LogP contribution in [0, 0.1) is 94.7 Å². The van der Waals surface area contributed by atoms with E-state index in [4.69, 9.17) is 4.74 Å². The van der Waals surface area contributed by atoms with Gasteiger partial charge in [-0.3, -0.25) is 4.79 Å². The molecule has 5 nitrogen and oxygen atoms in total. The lowest BCUT2D eigenvalue weighted by molar-refractivity contribution is -0.111. The van der Waals surface area contributed by atoms with Gasteiger partial charge < -0.3 is 15.4 Å². The molecule has 2 heterocycles. The van der Waals surface area contributed by atoms with E-state index in [1.165, 1.54) is 11.3 Å². The Bertz CT molecular complexity index is 1490. The van der Waals surface area contributed by atoms with Crippen molar-refractivity contribution in [2.75, 3.05) is 18.5 Å². The van der Waals surface area contributed by atoms with Gasteiger partial charge in [-0.05, 0) is 115 Å². The van der Waals surface area contributed by atoms with E-state index in [0.717, 1.165) is 17.0 Å². The molecule has 0 aromatic carbocycles. The second kappa shape index (κ2) is 15.0. The number of amides is 1. The fraction of sp³-hybridized carbons (Fsp3) is 0.214. The molecular formula is C28H16N2O3S. The molecule has 0 fully saturated rings. The number of carbonyl (C=O) groups is 2. The molecule has 1 amide bonds. The highest BCUT2D eigenvalue weighted by Crippen LogP contribution is 2.35. The SMILES string of the molecule is CC#CC#CC#CC#CC#CC#CC#CC#CC(=O)Nc1sc2c(c1C(=O)OCC)CCNC2. The molecular weight excluding hydrogens is 444 g/mol. The van der Waals surface area contributed by atoms with Crippen LogP contribution in [-0.2, 0) is 22.5 Å². The largest absolute Gasteiger partial charge is 0.462 e. The molecule has 0 radical (unpaired) electrons. The Balaban J connectivity index is 1.96. The molecule has 2 N–H and O–H groups in total. The lowest BCUT2D eigenvalue weighted by atomic mass is 10.0. The number of hydrogen-bond donors (Lipinski definition) is 2. The molecule has 1 aliphatic heterocycles. The summed E-state index contributed by atoms with van der Waals surface area (Å²) in [6, 6.07) is 0. The summed E-state index contributed by atoms with van der Waals surface area (Å²) in [7, 11) is 0. The van der Waals surface area contributed by atoms with E-state index in [-0.39, 0.29) is 6.61 Å². The number of fused-ring (bicyclic) bond motifs is 1. The smallest absolute Gasteiger partial charge is 0.341 e. The highest BCUT2D eigenvalue weighted by atomic mass is 32.1. The summed E-state index contributed by atoms with van der Waals surface area (Å²) < 4.78 is 5.15. The molecule has 162 valence electrons. The molecule has 1 aromatic heterocycles. The summed E-state index contributed by atoms with van der Waals surface area (Å²) >= 11 is 1.34. The van der Waals surface area contributed by atoms with Crippen molar-refractivity contribution in [2.24, 2.45) is 0 Å². The molecule has 0 aliphatic carbocycles. The van der Waals surface area contributed by atoms with Crippen LogP contribution in [0.15, 0.2) is 0 Å². The van der Waals surface area contributed by atoms with Crippen LogP contribution < -0.4 is 10.6 Å². The minimum Gasteiger partial charge on any atom is -0.462 e. The first-order valence-corrected chi connectivity index (χ1v) is 10.7. The van der Waals surface area contributed by atoms with Crippen LogP contribution in [0.2, 0.25) is 0 Å². The first kappa shape index (κ1) is 25.3. The van der Waals surface area contributed by atoms with Gasteiger partial charge in [0.15, 0.2) is 0 Å². The van der Waals surface area contributed by atoms with Gasteiger partial charge in [0, 0.05) is 17.3 Å². The van der Waals surface area contributed by atoms with Gasteiger partial charge in [0.05, 0.1) is 12.2 Å². The second-order valence-electron chi connectivity index (χ2n) is 5.93. The zero-order chi connectivity index (χ0) is 24.4. The number of anilines is 1. The van der Waals surface area contributed by atoms with Crippen molar-refractivity contribution in [3.05, 3.63) is 16.0 Å². The molecule has 2 rings (SSSR count). The van der Waals surface area contributed by atoms with E-state index in [9.17, 15) is 9.59 Å². The van der Waals surface area contributed by atoms with Crippen LogP contribution >= 0.6 is 11.3 Å². The number of nitrogens with one attached hydrogen (secondary N) is 2. The van der Waals surface area contributed by atoms with Gasteiger partial charge in [0.2, 0.25) is 0 Å². The van der Waals surface area contributed by atoms with Gasteiger partial charge in [-0.25, -0.2) is 4.79 Å². The molecule has 0 saturated carbocycles. The Labute approximate surface area is 203 Å². The van der Waals surface area contributed by atoms with Crippen molar-refractivity contribution in [1.29, 1.82) is 0 Å². The van der Waals surface area contributed by atoms with E-state index >= 15 is 0 Å². The predicted molar refractivity (Wildman–Crippen MR) is 132 cm³/mol. The molecule has 1 aliphatic rings. The quantitative estimate of drug-likeness (QED) is 0.531. The van der Waals surface area contributed by atoms with Crippen LogP contribution in [0.4, 0.5) is 5.00 Å². The zero-order valence-electron chi connectivity index (χ0n) is 18.5. The first-order valence-electron chi connectivity index (χ1n) is 9.93. The van der Waals surface area contributed by atoms with E-state index in [0.29, 0.717) is 23.5 Å². The van der Waals surface area contributed by atoms with Crippen molar-refractivity contribution in [2.45, 2.75) is 26.8 Å². The highest BCUT2D eigenvalue weighted by molar-refractivity contribution is 7.17. The highest BCUT2D eigenvalue weighted by Gasteiger charge is 2.26. The fourth-order valence-electron chi connectivity index (χ4n) is 2.50. The van der Waals surface area contributed by atoms with Crippen LogP contribution in [0.25, 0.3) is 0 Å². The first-order chi connectivity index (χ1) is 16.7. The Hall–Kier alpha value is -4.92. The van der Waals surface area contributed by atoms with Crippen LogP contribution in [0.3, 0.4) is 0 Å². The molecule has 0 bridgehead atoms. The molecule has 0 spiro atoms. The molecule has 0 unspecified atom stereocenters. The Morgan fingerprint density at radius 1 is 0.912 bits per heavy atom. The van der Waals surface area contributed by atoms with E-state index < -0.39 is 11.9 Å². The fourth-order valence-corrected chi connectivity index (χ4v) is 3.70. The Morgan fingerprint density at radius 3 is 2.03 bits per heavy atom. The zero-order valence-corrected chi connectivity index (χ0v) is 19.3. The summed E-state index contributed by atoms with van der Waals surface area (Å²) in [5, 5.41) is 6.34. The lowest BCUT2D eigenvalue weighted by Gasteiger charge is -2.13. The van der Waals surface area contributed by atoms with Gasteiger partial charge in [0.25, 0.3) is 0 Å². The third-order valence-corrected chi connectivity index (χ3v) is 4.90. The summed E-state index contributed by atoms with van der Waals surface area (Å²) in [6.07, 6.45) is 0.691. The maximum absolute atomic E-state index is 12.4. The van der Waals surface area contributed by atoms with E-state index in [2.05, 4.69) is 105 Å². The summed E-state index contributed by atoms with van der Waals surface area (Å²) in [4.78, 5) is 25.6. The van der Waals surface area contributed by atoms with Crippen molar-refractivity contribution in [3.63, 3.8) is 0 Å². The molecule has 0 saturated heterocycles. The maximum atomic E-state index is 12.4. The monoisotopic (exact) mass is 460 g/mol. The number of carbonyl (C=O) groups excluding carboxylic acids is 2. The van der Waals surface area contributed by atoms with Crippen molar-refractivity contribution < 1.29 is 14.3 Å². The summed E-state index contributed by atoms with van der Waals surface area (Å²) in [5.41, 5.74) is 1.32. The number of esters is 1. The van der Waals surface area contributed by atoms with Crippen molar-refractivity contribution in [1.82, 2.24) is 5.32 Å². The van der Waals surface area contributed by atoms with Crippen molar-refractivity contribution >= 4 is 28.2 Å². The minimum absolute atomic E-state index is 0.251. The average Bonchev–Trinajstić information content (AvgIpc) is 3.19. The number of rotatable bonds is 3. The second-order valence-corrected chi connectivity index (χ2v) is 7.04. The summed E-state index contributed by atoms with van der Waals surface area (Å²) in [5.74, 6) is 38.8. The van der Waals surface area contributed by atoms with Crippen LogP contribution in [-0.4, -0.2) is 25.0 Å². The molecule has 34 heavy (non-hydrogen) atoms. The normalized spacial score (nSPS) is 9.24. The molecule has 0 atom stereocenters. The summed E-state index contributed by atoms with van der Waals surface area (Å²) in [6.45, 7) is 5.07. The van der Waals surface area contributed by atoms with E-state index in [1.807, 2.05) is 0 Å². The Morgan fingerprint density at radius 2 is 1.47 bits per heavy atom. The average molecular weight is 461 g/mol. The Kier molecular flexibility index (Phi) is 11.2. The van der Waals surface area contributed by atoms with Gasteiger partial charge in [-0.15, -0.1) is 11.3 Å². The standard InChI is InChI=1S/C28H16N2O3S/c1-3-5-6-7-8-9-10-11-12-13-14-15-16-17-18-19-25(31)30-27-26(28(32)33-4-2)23-20-21-29-22-24(23)34-27/h29H,4,20-22H2,1-2H3,(H,30,31). The number of thiophene rings is 1. The van der Waals surface area contributed by atoms with Gasteiger partial charge >= 0.3 is 11.9 Å². The van der Waals surface area contributed by atoms with E-state index in [1.54, 1.807) is 13.8 Å². The number of ether oxygens (including phenoxy) is 1. The van der Waals surface area contributed by atoms with Gasteiger partial charge in [0.1, 0.15) is 5.00 Å². The van der Waals surface area contributed by atoms with Crippen LogP contribution in [0.1, 0.15) is 34.6 Å². The van der Waals surface area contributed by atoms with Crippen LogP contribution in [0.5, 0.6) is 0 Å². The third kappa shape index (κ3) is 8.67. The van der Waals surface area contributed by atoms with Gasteiger partial charge in [-0.1, -0.05) is 5.92 Å². The van der Waals surface area contributed by atoms with Gasteiger partial charge in [-0.2, -0.15) is 0 Å². The maximum Gasteiger partial charge on any atom is 0.341 e. The topological polar surface area (TPSA) is 67.4 Å². The third-order valence-electron chi connectivity index (χ3n) is 3.75. The predicted octanol–water partition coefficient (Wildman–Crippen LogP) is 1.56. The van der Waals surface area contributed by atoms with Crippen molar-refractivity contribution in [3.8, 4) is 94.7 Å². The lowest BCUT2D eigenvalue weighted by Crippen LogP contribution is -2.23. The number of hydrogen-bond acceptors (Lipinski definition) is 5. The molecule has 6 heteroatoms. The minimum atomic E-state index is -0.582. The molecule has 1 aromatic rings.